The Balaban J connectivity index is 2.12. The fourth-order valence-corrected chi connectivity index (χ4v) is 3.46. The van der Waals surface area contributed by atoms with Crippen LogP contribution in [0.1, 0.15) is 25.0 Å². The van der Waals surface area contributed by atoms with Crippen molar-refractivity contribution in [3.8, 4) is 0 Å². The second kappa shape index (κ2) is 9.95. The van der Waals surface area contributed by atoms with Gasteiger partial charge in [-0.25, -0.2) is 9.78 Å². The van der Waals surface area contributed by atoms with E-state index in [1.165, 1.54) is 25.5 Å². The number of methoxy groups -OCH3 is 1. The number of alkyl halides is 3. The number of hydrogen-bond donors (Lipinski definition) is 1. The van der Waals surface area contributed by atoms with Crippen molar-refractivity contribution in [3.63, 3.8) is 0 Å². The fourth-order valence-electron chi connectivity index (χ4n) is 3.33. The number of halogens is 4. The molecule has 0 unspecified atom stereocenters. The van der Waals surface area contributed by atoms with Gasteiger partial charge in [0.05, 0.1) is 24.6 Å². The summed E-state index contributed by atoms with van der Waals surface area (Å²) in [5, 5.41) is 3.11. The van der Waals surface area contributed by atoms with E-state index in [1.54, 1.807) is 24.3 Å². The number of nitrogens with one attached hydrogen (secondary N) is 1. The minimum atomic E-state index is -4.61. The Kier molecular flexibility index (Phi) is 7.39. The van der Waals surface area contributed by atoms with Crippen LogP contribution in [0.3, 0.4) is 0 Å². The van der Waals surface area contributed by atoms with Crippen LogP contribution in [-0.4, -0.2) is 27.2 Å². The SMILES string of the molecule is COC(=O)C(C)(C)Cn1c(=O)cc(Nc2cc(C(F)(F)F)ccn2)n(Cc2ccc(Cl)cc2)c1=O. The number of carbonyl (C=O) groups is 1. The van der Waals surface area contributed by atoms with Crippen LogP contribution in [0.4, 0.5) is 24.8 Å². The predicted molar refractivity (Wildman–Crippen MR) is 124 cm³/mol. The van der Waals surface area contributed by atoms with E-state index in [0.29, 0.717) is 10.6 Å². The lowest BCUT2D eigenvalue weighted by Crippen LogP contribution is -2.45. The van der Waals surface area contributed by atoms with Gasteiger partial charge < -0.3 is 10.1 Å². The van der Waals surface area contributed by atoms with E-state index in [9.17, 15) is 27.6 Å². The number of pyridine rings is 1. The molecule has 186 valence electrons. The number of anilines is 2. The van der Waals surface area contributed by atoms with E-state index < -0.39 is 34.4 Å². The number of esters is 1. The second-order valence-corrected chi connectivity index (χ2v) is 8.81. The van der Waals surface area contributed by atoms with Gasteiger partial charge >= 0.3 is 17.8 Å². The Morgan fingerprint density at radius 2 is 1.74 bits per heavy atom. The molecule has 0 amide bonds. The van der Waals surface area contributed by atoms with Crippen molar-refractivity contribution in [1.82, 2.24) is 14.1 Å². The van der Waals surface area contributed by atoms with Crippen molar-refractivity contribution < 1.29 is 22.7 Å². The summed E-state index contributed by atoms with van der Waals surface area (Å²) >= 11 is 5.93. The molecule has 2 heterocycles. The van der Waals surface area contributed by atoms with E-state index in [-0.39, 0.29) is 24.7 Å². The summed E-state index contributed by atoms with van der Waals surface area (Å²) in [4.78, 5) is 42.2. The zero-order chi connectivity index (χ0) is 26.0. The van der Waals surface area contributed by atoms with E-state index in [1.807, 2.05) is 0 Å². The van der Waals surface area contributed by atoms with Crippen LogP contribution in [0.25, 0.3) is 0 Å². The molecule has 2 aromatic heterocycles. The van der Waals surface area contributed by atoms with E-state index in [2.05, 4.69) is 10.3 Å². The first-order valence-electron chi connectivity index (χ1n) is 10.3. The predicted octanol–water partition coefficient (Wildman–Crippen LogP) is 4.07. The highest BCUT2D eigenvalue weighted by Gasteiger charge is 2.32. The lowest BCUT2D eigenvalue weighted by molar-refractivity contribution is -0.151. The molecule has 1 aromatic carbocycles. The molecule has 0 fully saturated rings. The largest absolute Gasteiger partial charge is 0.469 e. The molecule has 0 saturated carbocycles. The Bertz CT molecular complexity index is 1350. The average Bonchev–Trinajstić information content (AvgIpc) is 2.79. The summed E-state index contributed by atoms with van der Waals surface area (Å²) in [5.74, 6) is -0.909. The maximum absolute atomic E-state index is 13.4. The van der Waals surface area contributed by atoms with Gasteiger partial charge in [-0.3, -0.25) is 18.7 Å². The van der Waals surface area contributed by atoms with Crippen LogP contribution < -0.4 is 16.6 Å². The van der Waals surface area contributed by atoms with Crippen molar-refractivity contribution in [3.05, 3.63) is 85.6 Å². The standard InChI is InChI=1S/C23H22ClF3N4O4/c1-22(2,20(33)35-3)13-31-19(32)11-18(29-17-10-15(8-9-28-17)23(25,26)27)30(21(31)34)12-14-4-6-16(24)7-5-14/h4-11H,12-13H2,1-3H3,(H,28,29). The summed E-state index contributed by atoms with van der Waals surface area (Å²) in [6.07, 6.45) is -3.64. The Morgan fingerprint density at radius 3 is 2.34 bits per heavy atom. The van der Waals surface area contributed by atoms with Crippen LogP contribution in [-0.2, 0) is 28.8 Å². The van der Waals surface area contributed by atoms with Crippen molar-refractivity contribution in [1.29, 1.82) is 0 Å². The molecule has 8 nitrogen and oxygen atoms in total. The summed E-state index contributed by atoms with van der Waals surface area (Å²) in [6, 6.07) is 9.18. The molecule has 3 rings (SSSR count). The quantitative estimate of drug-likeness (QED) is 0.481. The number of carbonyl (C=O) groups excluding carboxylic acids is 1. The van der Waals surface area contributed by atoms with Crippen molar-refractivity contribution in [2.75, 3.05) is 12.4 Å². The molecule has 3 aromatic rings. The molecular formula is C23H22ClF3N4O4. The lowest BCUT2D eigenvalue weighted by atomic mass is 9.93. The third kappa shape index (κ3) is 6.10. The van der Waals surface area contributed by atoms with Gasteiger partial charge in [0.1, 0.15) is 11.6 Å². The highest BCUT2D eigenvalue weighted by atomic mass is 35.5. The Labute approximate surface area is 202 Å². The van der Waals surface area contributed by atoms with Crippen molar-refractivity contribution in [2.24, 2.45) is 5.41 Å². The maximum Gasteiger partial charge on any atom is 0.416 e. The Morgan fingerprint density at radius 1 is 1.09 bits per heavy atom. The third-order valence-corrected chi connectivity index (χ3v) is 5.42. The van der Waals surface area contributed by atoms with Crippen molar-refractivity contribution >= 4 is 29.2 Å². The molecule has 0 bridgehead atoms. The van der Waals surface area contributed by atoms with Crippen molar-refractivity contribution in [2.45, 2.75) is 33.1 Å². The minimum Gasteiger partial charge on any atom is -0.469 e. The third-order valence-electron chi connectivity index (χ3n) is 5.17. The molecule has 0 atom stereocenters. The van der Waals surface area contributed by atoms with Gasteiger partial charge in [0.25, 0.3) is 5.56 Å². The van der Waals surface area contributed by atoms with E-state index >= 15 is 0 Å². The number of hydrogen-bond acceptors (Lipinski definition) is 6. The molecule has 0 radical (unpaired) electrons. The molecular weight excluding hydrogens is 489 g/mol. The summed E-state index contributed by atoms with van der Waals surface area (Å²) in [6.45, 7) is 2.72. The lowest BCUT2D eigenvalue weighted by Gasteiger charge is -2.23. The van der Waals surface area contributed by atoms with Gasteiger partial charge in [0.2, 0.25) is 0 Å². The molecule has 0 saturated heterocycles. The number of rotatable bonds is 7. The zero-order valence-electron chi connectivity index (χ0n) is 19.0. The number of nitrogens with zero attached hydrogens (tertiary/aromatic N) is 3. The summed E-state index contributed by atoms with van der Waals surface area (Å²) in [5.41, 5.74) is -3.05. The number of ether oxygens (including phenoxy) is 1. The van der Waals surface area contributed by atoms with E-state index in [4.69, 9.17) is 16.3 Å². The van der Waals surface area contributed by atoms with Crippen LogP contribution in [0, 0.1) is 5.41 Å². The highest BCUT2D eigenvalue weighted by Crippen LogP contribution is 2.30. The fraction of sp³-hybridized carbons (Fsp3) is 0.304. The normalized spacial score (nSPS) is 11.9. The molecule has 35 heavy (non-hydrogen) atoms. The first-order chi connectivity index (χ1) is 16.3. The van der Waals surface area contributed by atoms with Gasteiger partial charge in [-0.15, -0.1) is 0 Å². The number of benzene rings is 1. The molecule has 0 aliphatic rings. The molecule has 12 heteroatoms. The minimum absolute atomic E-state index is 0.0454. The summed E-state index contributed by atoms with van der Waals surface area (Å²) in [7, 11) is 1.20. The molecule has 0 spiro atoms. The monoisotopic (exact) mass is 510 g/mol. The number of aromatic nitrogens is 3. The molecule has 0 aliphatic heterocycles. The summed E-state index contributed by atoms with van der Waals surface area (Å²) < 4.78 is 46.2. The van der Waals surface area contributed by atoms with Crippen LogP contribution in [0.15, 0.2) is 58.3 Å². The maximum atomic E-state index is 13.4. The van der Waals surface area contributed by atoms with Crippen LogP contribution >= 0.6 is 11.6 Å². The van der Waals surface area contributed by atoms with Gasteiger partial charge in [-0.2, -0.15) is 13.2 Å². The first kappa shape index (κ1) is 26.0. The average molecular weight is 511 g/mol. The van der Waals surface area contributed by atoms with Gasteiger partial charge in [0, 0.05) is 23.8 Å². The van der Waals surface area contributed by atoms with Gasteiger partial charge in [0.15, 0.2) is 0 Å². The second-order valence-electron chi connectivity index (χ2n) is 8.38. The zero-order valence-corrected chi connectivity index (χ0v) is 19.8. The molecule has 0 aliphatic carbocycles. The highest BCUT2D eigenvalue weighted by molar-refractivity contribution is 6.30. The van der Waals surface area contributed by atoms with Gasteiger partial charge in [-0.05, 0) is 43.7 Å². The Hall–Kier alpha value is -3.60. The molecule has 1 N–H and O–H groups in total. The van der Waals surface area contributed by atoms with Gasteiger partial charge in [-0.1, -0.05) is 23.7 Å². The van der Waals surface area contributed by atoms with Crippen LogP contribution in [0.5, 0.6) is 0 Å². The first-order valence-corrected chi connectivity index (χ1v) is 10.7. The van der Waals surface area contributed by atoms with E-state index in [0.717, 1.165) is 29.0 Å². The smallest absolute Gasteiger partial charge is 0.416 e. The van der Waals surface area contributed by atoms with Crippen LogP contribution in [0.2, 0.25) is 5.02 Å². The topological polar surface area (TPSA) is 95.2 Å².